The van der Waals surface area contributed by atoms with Crippen molar-refractivity contribution in [3.05, 3.63) is 28.7 Å². The quantitative estimate of drug-likeness (QED) is 0.534. The Balaban J connectivity index is 1.48. The summed E-state index contributed by atoms with van der Waals surface area (Å²) < 4.78 is 11.4. The standard InChI is InChI=1S/C23H35N5O4/c1-14(2)21-26-23(32-27-21)28-9-7-17(8-10-28)6-5-11-31-22-18(15(3)13-29)12-19(20(24)30)16(4)25-22/h12,14-15,17,29H,5-11,13H2,1-4H3,(H2,24,30)/t15-/m0/s1. The molecule has 0 bridgehead atoms. The number of hydrogen-bond acceptors (Lipinski definition) is 8. The van der Waals surface area contributed by atoms with Crippen molar-refractivity contribution in [3.63, 3.8) is 0 Å². The van der Waals surface area contributed by atoms with Gasteiger partial charge in [-0.25, -0.2) is 4.98 Å². The van der Waals surface area contributed by atoms with E-state index in [2.05, 4.69) is 33.9 Å². The van der Waals surface area contributed by atoms with Gasteiger partial charge in [-0.1, -0.05) is 25.9 Å². The zero-order valence-corrected chi connectivity index (χ0v) is 19.5. The number of primary amides is 1. The Morgan fingerprint density at radius 1 is 1.31 bits per heavy atom. The minimum atomic E-state index is -0.528. The van der Waals surface area contributed by atoms with Crippen LogP contribution in [0.2, 0.25) is 0 Å². The number of piperidine rings is 1. The van der Waals surface area contributed by atoms with Gasteiger partial charge in [-0.3, -0.25) is 4.79 Å². The Labute approximate surface area is 189 Å². The molecule has 0 unspecified atom stereocenters. The van der Waals surface area contributed by atoms with Gasteiger partial charge in [0.1, 0.15) is 0 Å². The van der Waals surface area contributed by atoms with Gasteiger partial charge in [-0.15, -0.1) is 0 Å². The smallest absolute Gasteiger partial charge is 0.324 e. The topological polar surface area (TPSA) is 128 Å². The highest BCUT2D eigenvalue weighted by Crippen LogP contribution is 2.29. The summed E-state index contributed by atoms with van der Waals surface area (Å²) in [6, 6.07) is 2.32. The van der Waals surface area contributed by atoms with Crippen LogP contribution in [0.3, 0.4) is 0 Å². The molecule has 0 saturated carbocycles. The van der Waals surface area contributed by atoms with Crippen LogP contribution in [-0.4, -0.2) is 52.4 Å². The Hall–Kier alpha value is -2.68. The average molecular weight is 446 g/mol. The molecule has 1 aliphatic heterocycles. The number of pyridine rings is 1. The van der Waals surface area contributed by atoms with E-state index >= 15 is 0 Å². The Kier molecular flexibility index (Phi) is 8.06. The molecule has 1 amide bonds. The van der Waals surface area contributed by atoms with Gasteiger partial charge in [0.2, 0.25) is 5.88 Å². The molecule has 0 radical (unpaired) electrons. The van der Waals surface area contributed by atoms with Crippen molar-refractivity contribution >= 4 is 11.9 Å². The van der Waals surface area contributed by atoms with Gasteiger partial charge < -0.3 is 25.0 Å². The van der Waals surface area contributed by atoms with Crippen LogP contribution in [0.5, 0.6) is 5.88 Å². The highest BCUT2D eigenvalue weighted by molar-refractivity contribution is 5.94. The third-order valence-corrected chi connectivity index (χ3v) is 6.10. The molecule has 0 aliphatic carbocycles. The number of hydrogen-bond donors (Lipinski definition) is 2. The Morgan fingerprint density at radius 2 is 2.03 bits per heavy atom. The van der Waals surface area contributed by atoms with Crippen LogP contribution in [-0.2, 0) is 0 Å². The molecule has 1 atom stereocenters. The van der Waals surface area contributed by atoms with Gasteiger partial charge >= 0.3 is 6.01 Å². The Morgan fingerprint density at radius 3 is 2.62 bits per heavy atom. The van der Waals surface area contributed by atoms with Gasteiger partial charge in [0, 0.05) is 37.1 Å². The molecule has 2 aromatic heterocycles. The van der Waals surface area contributed by atoms with Crippen LogP contribution in [0.25, 0.3) is 0 Å². The number of aliphatic hydroxyl groups is 1. The summed E-state index contributed by atoms with van der Waals surface area (Å²) in [6.45, 7) is 10.0. The van der Waals surface area contributed by atoms with Crippen molar-refractivity contribution in [1.82, 2.24) is 15.1 Å². The largest absolute Gasteiger partial charge is 0.477 e. The summed E-state index contributed by atoms with van der Waals surface area (Å²) >= 11 is 0. The predicted molar refractivity (Wildman–Crippen MR) is 121 cm³/mol. The van der Waals surface area contributed by atoms with Crippen LogP contribution in [0.4, 0.5) is 6.01 Å². The lowest BCUT2D eigenvalue weighted by molar-refractivity contribution is 0.0999. The number of nitrogens with zero attached hydrogens (tertiary/aromatic N) is 4. The van der Waals surface area contributed by atoms with E-state index in [9.17, 15) is 9.90 Å². The number of amides is 1. The van der Waals surface area contributed by atoms with Crippen LogP contribution in [0.15, 0.2) is 10.6 Å². The van der Waals surface area contributed by atoms with Gasteiger partial charge in [-0.2, -0.15) is 4.98 Å². The molecular weight excluding hydrogens is 410 g/mol. The third-order valence-electron chi connectivity index (χ3n) is 6.10. The van der Waals surface area contributed by atoms with E-state index in [1.54, 1.807) is 13.0 Å². The molecule has 1 saturated heterocycles. The van der Waals surface area contributed by atoms with Crippen molar-refractivity contribution in [2.45, 2.75) is 65.2 Å². The predicted octanol–water partition coefficient (Wildman–Crippen LogP) is 3.17. The average Bonchev–Trinajstić information content (AvgIpc) is 3.27. The van der Waals surface area contributed by atoms with E-state index in [0.717, 1.165) is 44.6 Å². The first-order chi connectivity index (χ1) is 15.3. The molecule has 0 spiro atoms. The highest BCUT2D eigenvalue weighted by atomic mass is 16.5. The van der Waals surface area contributed by atoms with E-state index in [1.165, 1.54) is 0 Å². The first kappa shape index (κ1) is 24.0. The molecular formula is C23H35N5O4. The van der Waals surface area contributed by atoms with Crippen LogP contribution >= 0.6 is 0 Å². The van der Waals surface area contributed by atoms with Gasteiger partial charge in [0.05, 0.1) is 17.9 Å². The van der Waals surface area contributed by atoms with E-state index in [0.29, 0.717) is 41.2 Å². The van der Waals surface area contributed by atoms with Gasteiger partial charge in [-0.05, 0) is 44.6 Å². The zero-order chi connectivity index (χ0) is 23.3. The van der Waals surface area contributed by atoms with Gasteiger partial charge in [0.25, 0.3) is 5.91 Å². The first-order valence-electron chi connectivity index (χ1n) is 11.4. The second-order valence-corrected chi connectivity index (χ2v) is 8.97. The number of nitrogens with two attached hydrogens (primary N) is 1. The van der Waals surface area contributed by atoms with Crippen LogP contribution in [0.1, 0.15) is 85.7 Å². The second-order valence-electron chi connectivity index (χ2n) is 8.97. The number of aliphatic hydroxyl groups excluding tert-OH is 1. The summed E-state index contributed by atoms with van der Waals surface area (Å²) in [7, 11) is 0. The normalized spacial score (nSPS) is 15.9. The van der Waals surface area contributed by atoms with Crippen molar-refractivity contribution in [1.29, 1.82) is 0 Å². The monoisotopic (exact) mass is 445 g/mol. The lowest BCUT2D eigenvalue weighted by atomic mass is 9.92. The molecule has 9 heteroatoms. The molecule has 32 heavy (non-hydrogen) atoms. The SMILES string of the molecule is Cc1nc(OCCCC2CCN(c3nc(C(C)C)no3)CC2)c([C@@H](C)CO)cc1C(N)=O. The van der Waals surface area contributed by atoms with Crippen LogP contribution < -0.4 is 15.4 Å². The first-order valence-corrected chi connectivity index (χ1v) is 11.4. The zero-order valence-electron chi connectivity index (χ0n) is 19.5. The summed E-state index contributed by atoms with van der Waals surface area (Å²) in [5.41, 5.74) is 7.05. The maximum absolute atomic E-state index is 11.6. The molecule has 2 aromatic rings. The molecule has 1 aliphatic rings. The van der Waals surface area contributed by atoms with Crippen LogP contribution in [0, 0.1) is 12.8 Å². The molecule has 3 N–H and O–H groups in total. The number of carbonyl (C=O) groups is 1. The minimum Gasteiger partial charge on any atom is -0.477 e. The molecule has 3 rings (SSSR count). The molecule has 9 nitrogen and oxygen atoms in total. The lowest BCUT2D eigenvalue weighted by Crippen LogP contribution is -2.34. The highest BCUT2D eigenvalue weighted by Gasteiger charge is 2.24. The van der Waals surface area contributed by atoms with Crippen molar-refractivity contribution in [3.8, 4) is 5.88 Å². The Bertz CT molecular complexity index is 906. The second kappa shape index (κ2) is 10.8. The number of rotatable bonds is 10. The van der Waals surface area contributed by atoms with E-state index in [4.69, 9.17) is 15.0 Å². The van der Waals surface area contributed by atoms with E-state index in [-0.39, 0.29) is 18.4 Å². The summed E-state index contributed by atoms with van der Waals surface area (Å²) in [5.74, 6) is 1.39. The fraction of sp³-hybridized carbons (Fsp3) is 0.652. The van der Waals surface area contributed by atoms with Crippen molar-refractivity contribution in [2.75, 3.05) is 31.2 Å². The van der Waals surface area contributed by atoms with Crippen molar-refractivity contribution in [2.24, 2.45) is 11.7 Å². The summed E-state index contributed by atoms with van der Waals surface area (Å²) in [4.78, 5) is 22.7. The summed E-state index contributed by atoms with van der Waals surface area (Å²) in [5, 5.41) is 13.6. The maximum atomic E-state index is 11.6. The molecule has 1 fully saturated rings. The fourth-order valence-electron chi connectivity index (χ4n) is 3.96. The fourth-order valence-corrected chi connectivity index (χ4v) is 3.96. The van der Waals surface area contributed by atoms with Gasteiger partial charge in [0.15, 0.2) is 5.82 Å². The molecule has 3 heterocycles. The number of ether oxygens (including phenoxy) is 1. The summed E-state index contributed by atoms with van der Waals surface area (Å²) in [6.07, 6.45) is 4.14. The number of aromatic nitrogens is 3. The number of anilines is 1. The number of aryl methyl sites for hydroxylation is 1. The minimum absolute atomic E-state index is 0.0589. The third kappa shape index (κ3) is 5.76. The molecule has 0 aromatic carbocycles. The number of carbonyl (C=O) groups excluding carboxylic acids is 1. The maximum Gasteiger partial charge on any atom is 0.324 e. The van der Waals surface area contributed by atoms with Crippen molar-refractivity contribution < 1.29 is 19.2 Å². The molecule has 176 valence electrons. The van der Waals surface area contributed by atoms with E-state index < -0.39 is 5.91 Å². The lowest BCUT2D eigenvalue weighted by Gasteiger charge is -2.30. The van der Waals surface area contributed by atoms with E-state index in [1.807, 2.05) is 6.92 Å².